The SMILES string of the molecule is NCCc1nc(=S)[nH]c2c1CCOCC2. The molecule has 0 radical (unpaired) electrons. The Hall–Kier alpha value is -0.780. The minimum Gasteiger partial charge on any atom is -0.381 e. The summed E-state index contributed by atoms with van der Waals surface area (Å²) in [5.41, 5.74) is 9.04. The number of fused-ring (bicyclic) bond motifs is 1. The van der Waals surface area contributed by atoms with Crippen LogP contribution in [0.5, 0.6) is 0 Å². The molecule has 82 valence electrons. The van der Waals surface area contributed by atoms with Crippen molar-refractivity contribution in [2.45, 2.75) is 19.3 Å². The first-order valence-corrected chi connectivity index (χ1v) is 5.61. The van der Waals surface area contributed by atoms with E-state index in [4.69, 9.17) is 22.7 Å². The number of nitrogens with one attached hydrogen (secondary N) is 1. The van der Waals surface area contributed by atoms with Crippen LogP contribution >= 0.6 is 12.2 Å². The minimum atomic E-state index is 0.555. The van der Waals surface area contributed by atoms with E-state index in [9.17, 15) is 0 Å². The summed E-state index contributed by atoms with van der Waals surface area (Å²) in [7, 11) is 0. The maximum absolute atomic E-state index is 5.57. The third-order valence-corrected chi connectivity index (χ3v) is 2.77. The van der Waals surface area contributed by atoms with Crippen LogP contribution in [0.25, 0.3) is 0 Å². The molecule has 15 heavy (non-hydrogen) atoms. The summed E-state index contributed by atoms with van der Waals surface area (Å²) >= 11 is 5.10. The molecule has 0 saturated heterocycles. The highest BCUT2D eigenvalue weighted by molar-refractivity contribution is 7.71. The summed E-state index contributed by atoms with van der Waals surface area (Å²) in [5, 5.41) is 0. The molecule has 3 N–H and O–H groups in total. The van der Waals surface area contributed by atoms with Crippen LogP contribution < -0.4 is 5.73 Å². The topological polar surface area (TPSA) is 63.9 Å². The first-order chi connectivity index (χ1) is 7.31. The normalized spacial score (nSPS) is 15.8. The molecule has 4 nitrogen and oxygen atoms in total. The first kappa shape index (κ1) is 10.7. The van der Waals surface area contributed by atoms with Gasteiger partial charge < -0.3 is 15.5 Å². The summed E-state index contributed by atoms with van der Waals surface area (Å²) in [5.74, 6) is 0. The van der Waals surface area contributed by atoms with E-state index in [0.717, 1.165) is 38.2 Å². The van der Waals surface area contributed by atoms with Crippen LogP contribution in [0.4, 0.5) is 0 Å². The van der Waals surface area contributed by atoms with Crippen molar-refractivity contribution in [2.24, 2.45) is 5.73 Å². The molecule has 0 saturated carbocycles. The molecule has 1 aliphatic heterocycles. The van der Waals surface area contributed by atoms with Crippen LogP contribution in [0.2, 0.25) is 0 Å². The van der Waals surface area contributed by atoms with Gasteiger partial charge in [-0.05, 0) is 30.7 Å². The van der Waals surface area contributed by atoms with E-state index >= 15 is 0 Å². The molecule has 1 aliphatic rings. The zero-order chi connectivity index (χ0) is 10.7. The van der Waals surface area contributed by atoms with Crippen molar-refractivity contribution in [1.82, 2.24) is 9.97 Å². The average Bonchev–Trinajstić information content (AvgIpc) is 2.43. The molecule has 0 spiro atoms. The van der Waals surface area contributed by atoms with E-state index in [1.54, 1.807) is 0 Å². The molecule has 2 rings (SSSR count). The van der Waals surface area contributed by atoms with Crippen LogP contribution in [0.15, 0.2) is 0 Å². The van der Waals surface area contributed by atoms with Crippen LogP contribution in [0, 0.1) is 4.77 Å². The van der Waals surface area contributed by atoms with Gasteiger partial charge in [0.1, 0.15) is 0 Å². The first-order valence-electron chi connectivity index (χ1n) is 5.20. The van der Waals surface area contributed by atoms with Gasteiger partial charge in [-0.15, -0.1) is 0 Å². The molecular weight excluding hydrogens is 210 g/mol. The molecule has 0 amide bonds. The van der Waals surface area contributed by atoms with E-state index in [2.05, 4.69) is 9.97 Å². The quantitative estimate of drug-likeness (QED) is 0.729. The Labute approximate surface area is 93.9 Å². The van der Waals surface area contributed by atoms with E-state index in [0.29, 0.717) is 11.3 Å². The largest absolute Gasteiger partial charge is 0.381 e. The molecule has 2 heterocycles. The molecule has 0 atom stereocenters. The fourth-order valence-electron chi connectivity index (χ4n) is 1.90. The Morgan fingerprint density at radius 2 is 2.20 bits per heavy atom. The van der Waals surface area contributed by atoms with Gasteiger partial charge in [0.15, 0.2) is 4.77 Å². The lowest BCUT2D eigenvalue weighted by Gasteiger charge is -2.09. The predicted octanol–water partition coefficient (Wildman–Crippen LogP) is 0.756. The molecule has 0 fully saturated rings. The molecule has 1 aromatic heterocycles. The molecule has 1 aromatic rings. The van der Waals surface area contributed by atoms with E-state index < -0.39 is 0 Å². The van der Waals surface area contributed by atoms with Gasteiger partial charge in [0.25, 0.3) is 0 Å². The average molecular weight is 225 g/mol. The number of rotatable bonds is 2. The Bertz CT molecular complexity index is 402. The third kappa shape index (κ3) is 2.42. The van der Waals surface area contributed by atoms with Crippen LogP contribution in [-0.2, 0) is 24.0 Å². The monoisotopic (exact) mass is 225 g/mol. The van der Waals surface area contributed by atoms with Crippen molar-refractivity contribution >= 4 is 12.2 Å². The standard InChI is InChI=1S/C10H15N3OS/c11-4-1-8-7-2-5-14-6-3-9(7)13-10(15)12-8/h1-6,11H2,(H,12,13,15). The van der Waals surface area contributed by atoms with Gasteiger partial charge in [0, 0.05) is 24.2 Å². The van der Waals surface area contributed by atoms with Gasteiger partial charge in [-0.1, -0.05) is 0 Å². The highest BCUT2D eigenvalue weighted by Gasteiger charge is 2.13. The van der Waals surface area contributed by atoms with Gasteiger partial charge in [0.05, 0.1) is 13.2 Å². The number of nitrogens with two attached hydrogens (primary N) is 1. The van der Waals surface area contributed by atoms with Crippen molar-refractivity contribution in [1.29, 1.82) is 0 Å². The zero-order valence-corrected chi connectivity index (χ0v) is 9.40. The van der Waals surface area contributed by atoms with Crippen molar-refractivity contribution in [3.05, 3.63) is 21.7 Å². The second kappa shape index (κ2) is 4.83. The summed E-state index contributed by atoms with van der Waals surface area (Å²) in [6.07, 6.45) is 2.59. The van der Waals surface area contributed by atoms with E-state index in [1.165, 1.54) is 11.3 Å². The number of hydrogen-bond donors (Lipinski definition) is 2. The second-order valence-electron chi connectivity index (χ2n) is 3.60. The summed E-state index contributed by atoms with van der Waals surface area (Å²) in [6, 6.07) is 0. The molecule has 5 heteroatoms. The number of hydrogen-bond acceptors (Lipinski definition) is 4. The lowest BCUT2D eigenvalue weighted by atomic mass is 10.1. The lowest BCUT2D eigenvalue weighted by molar-refractivity contribution is 0.146. The summed E-state index contributed by atoms with van der Waals surface area (Å²) in [6.45, 7) is 2.13. The Kier molecular flexibility index (Phi) is 3.45. The fourth-order valence-corrected chi connectivity index (χ4v) is 2.13. The number of aromatic nitrogens is 2. The van der Waals surface area contributed by atoms with Gasteiger partial charge in [-0.3, -0.25) is 0 Å². The van der Waals surface area contributed by atoms with Crippen LogP contribution in [-0.4, -0.2) is 29.7 Å². The maximum atomic E-state index is 5.57. The Balaban J connectivity index is 2.45. The zero-order valence-electron chi connectivity index (χ0n) is 8.58. The van der Waals surface area contributed by atoms with Crippen molar-refractivity contribution < 1.29 is 4.74 Å². The number of nitrogens with zero attached hydrogens (tertiary/aromatic N) is 1. The van der Waals surface area contributed by atoms with Gasteiger partial charge in [0.2, 0.25) is 0 Å². The molecule has 0 aromatic carbocycles. The van der Waals surface area contributed by atoms with Crippen LogP contribution in [0.3, 0.4) is 0 Å². The van der Waals surface area contributed by atoms with Crippen molar-refractivity contribution in [2.75, 3.05) is 19.8 Å². The number of ether oxygens (including phenoxy) is 1. The molecular formula is C10H15N3OS. The summed E-state index contributed by atoms with van der Waals surface area (Å²) in [4.78, 5) is 7.49. The van der Waals surface area contributed by atoms with E-state index in [1.807, 2.05) is 0 Å². The minimum absolute atomic E-state index is 0.555. The number of H-pyrrole nitrogens is 1. The van der Waals surface area contributed by atoms with Crippen LogP contribution in [0.1, 0.15) is 17.0 Å². The third-order valence-electron chi connectivity index (χ3n) is 2.58. The van der Waals surface area contributed by atoms with Gasteiger partial charge in [-0.25, -0.2) is 4.98 Å². The van der Waals surface area contributed by atoms with Gasteiger partial charge >= 0.3 is 0 Å². The highest BCUT2D eigenvalue weighted by Crippen LogP contribution is 2.15. The maximum Gasteiger partial charge on any atom is 0.197 e. The Morgan fingerprint density at radius 3 is 3.00 bits per heavy atom. The molecule has 0 aliphatic carbocycles. The fraction of sp³-hybridized carbons (Fsp3) is 0.600. The lowest BCUT2D eigenvalue weighted by Crippen LogP contribution is -2.11. The smallest absolute Gasteiger partial charge is 0.197 e. The van der Waals surface area contributed by atoms with Crippen molar-refractivity contribution in [3.8, 4) is 0 Å². The number of aromatic amines is 1. The Morgan fingerprint density at radius 1 is 1.40 bits per heavy atom. The summed E-state index contributed by atoms with van der Waals surface area (Å²) < 4.78 is 5.99. The van der Waals surface area contributed by atoms with Gasteiger partial charge in [-0.2, -0.15) is 0 Å². The predicted molar refractivity (Wildman–Crippen MR) is 60.4 cm³/mol. The molecule has 0 unspecified atom stereocenters. The highest BCUT2D eigenvalue weighted by atomic mass is 32.1. The van der Waals surface area contributed by atoms with E-state index in [-0.39, 0.29) is 0 Å². The second-order valence-corrected chi connectivity index (χ2v) is 3.98. The van der Waals surface area contributed by atoms with Crippen molar-refractivity contribution in [3.63, 3.8) is 0 Å². The molecule has 0 bridgehead atoms.